The summed E-state index contributed by atoms with van der Waals surface area (Å²) in [4.78, 5) is 35.0. The van der Waals surface area contributed by atoms with Crippen LogP contribution < -0.4 is 28.7 Å². The zero-order valence-electron chi connectivity index (χ0n) is 39.7. The lowest BCUT2D eigenvalue weighted by molar-refractivity contribution is 0.0990. The zero-order chi connectivity index (χ0) is 46.2. The van der Waals surface area contributed by atoms with E-state index in [1.807, 2.05) is 61.1 Å². The molecule has 4 aliphatic heterocycles. The summed E-state index contributed by atoms with van der Waals surface area (Å²) in [5.74, 6) is 3.33. The van der Waals surface area contributed by atoms with E-state index < -0.39 is 0 Å². The summed E-state index contributed by atoms with van der Waals surface area (Å²) in [6, 6.07) is 20.6. The van der Waals surface area contributed by atoms with E-state index in [4.69, 9.17) is 18.9 Å². The quantitative estimate of drug-likeness (QED) is 0.120. The van der Waals surface area contributed by atoms with E-state index in [1.54, 1.807) is 40.7 Å². The Morgan fingerprint density at radius 1 is 0.588 bits per heavy atom. The highest BCUT2D eigenvalue weighted by Gasteiger charge is 2.36. The van der Waals surface area contributed by atoms with Crippen LogP contribution in [0.4, 0.5) is 20.2 Å². The molecule has 68 heavy (non-hydrogen) atoms. The highest BCUT2D eigenvalue weighted by Crippen LogP contribution is 2.41. The third-order valence-corrected chi connectivity index (χ3v) is 14.1. The van der Waals surface area contributed by atoms with Crippen LogP contribution in [0.2, 0.25) is 0 Å². The van der Waals surface area contributed by atoms with Crippen molar-refractivity contribution >= 4 is 69.8 Å². The average molecular weight is 976 g/mol. The van der Waals surface area contributed by atoms with E-state index in [0.717, 1.165) is 84.8 Å². The molecule has 0 atom stereocenters. The van der Waals surface area contributed by atoms with Crippen molar-refractivity contribution in [3.63, 3.8) is 0 Å². The van der Waals surface area contributed by atoms with Gasteiger partial charge in [0.15, 0.2) is 23.0 Å². The molecule has 2 fully saturated rings. The summed E-state index contributed by atoms with van der Waals surface area (Å²) < 4.78 is 55.0. The van der Waals surface area contributed by atoms with Gasteiger partial charge in [-0.3, -0.25) is 19.4 Å². The van der Waals surface area contributed by atoms with Crippen LogP contribution in [0.3, 0.4) is 0 Å². The number of ether oxygens (including phenoxy) is 4. The predicted octanol–water partition coefficient (Wildman–Crippen LogP) is 10.0. The number of fused-ring (bicyclic) bond motifs is 6. The predicted molar refractivity (Wildman–Crippen MR) is 268 cm³/mol. The maximum atomic E-state index is 14.4. The third-order valence-electron chi connectivity index (χ3n) is 14.1. The smallest absolute Gasteiger partial charge is 0.261 e. The molecular weight excluding hydrogens is 914 g/mol. The Labute approximate surface area is 409 Å². The van der Waals surface area contributed by atoms with E-state index in [-0.39, 0.29) is 48.3 Å². The minimum atomic E-state index is -0.313. The van der Waals surface area contributed by atoms with Crippen molar-refractivity contribution in [1.82, 2.24) is 18.9 Å². The number of carbonyl (C=O) groups excluding carboxylic acids is 2. The first kappa shape index (κ1) is 50.3. The van der Waals surface area contributed by atoms with Gasteiger partial charge in [0, 0.05) is 61.5 Å². The zero-order valence-corrected chi connectivity index (χ0v) is 41.3. The van der Waals surface area contributed by atoms with Crippen molar-refractivity contribution in [2.75, 3.05) is 76.5 Å². The van der Waals surface area contributed by atoms with Crippen LogP contribution in [0.15, 0.2) is 72.8 Å². The van der Waals surface area contributed by atoms with Gasteiger partial charge in [-0.1, -0.05) is 26.0 Å². The molecule has 364 valence electrons. The number of aromatic nitrogens is 2. The lowest BCUT2D eigenvalue weighted by Gasteiger charge is -2.30. The summed E-state index contributed by atoms with van der Waals surface area (Å²) in [6.07, 6.45) is 4.93. The molecule has 12 nitrogen and oxygen atoms in total. The fraction of sp³-hybridized carbons (Fsp3) is 0.423. The fourth-order valence-corrected chi connectivity index (χ4v) is 9.99. The Bertz CT molecular complexity index is 2780. The van der Waals surface area contributed by atoms with Crippen molar-refractivity contribution in [3.05, 3.63) is 107 Å². The van der Waals surface area contributed by atoms with Crippen LogP contribution in [0.25, 0.3) is 21.8 Å². The number of hydrogen-bond acceptors (Lipinski definition) is 8. The number of carbonyl (C=O) groups is 2. The number of nitrogens with zero attached hydrogens (tertiary/aromatic N) is 6. The lowest BCUT2D eigenvalue weighted by atomic mass is 9.99. The average Bonchev–Trinajstić information content (AvgIpc) is 4.02. The maximum absolute atomic E-state index is 14.4. The van der Waals surface area contributed by atoms with Gasteiger partial charge in [-0.25, -0.2) is 8.78 Å². The summed E-state index contributed by atoms with van der Waals surface area (Å²) in [7, 11) is 6.92. The Morgan fingerprint density at radius 2 is 1.07 bits per heavy atom. The van der Waals surface area contributed by atoms with Crippen molar-refractivity contribution in [1.29, 1.82) is 0 Å². The Morgan fingerprint density at radius 3 is 1.57 bits per heavy atom. The first-order valence-electron chi connectivity index (χ1n) is 23.2. The summed E-state index contributed by atoms with van der Waals surface area (Å²) >= 11 is 0. The van der Waals surface area contributed by atoms with Crippen LogP contribution in [0.5, 0.6) is 23.0 Å². The fourth-order valence-electron chi connectivity index (χ4n) is 9.99. The van der Waals surface area contributed by atoms with Gasteiger partial charge in [-0.15, -0.1) is 24.8 Å². The molecule has 2 aromatic heterocycles. The highest BCUT2D eigenvalue weighted by atomic mass is 35.5. The molecule has 4 aliphatic rings. The van der Waals surface area contributed by atoms with Gasteiger partial charge in [0.05, 0.1) is 60.9 Å². The number of hydrogen-bond donors (Lipinski definition) is 0. The lowest BCUT2D eigenvalue weighted by Crippen LogP contribution is -2.35. The molecule has 0 aliphatic carbocycles. The van der Waals surface area contributed by atoms with Crippen molar-refractivity contribution < 1.29 is 37.3 Å². The molecule has 0 bridgehead atoms. The summed E-state index contributed by atoms with van der Waals surface area (Å²) in [5, 5.41) is 1.43. The molecule has 0 N–H and O–H groups in total. The van der Waals surface area contributed by atoms with Crippen molar-refractivity contribution in [2.45, 2.75) is 52.6 Å². The largest absolute Gasteiger partial charge is 0.493 e. The number of halogens is 4. The molecule has 2 saturated heterocycles. The molecule has 0 spiro atoms. The highest BCUT2D eigenvalue weighted by molar-refractivity contribution is 6.19. The number of para-hydroxylation sites is 1. The molecule has 6 heterocycles. The number of amides is 2. The Balaban J connectivity index is 0.000000196. The van der Waals surface area contributed by atoms with Gasteiger partial charge in [0.1, 0.15) is 24.8 Å². The second kappa shape index (κ2) is 21.4. The number of likely N-dealkylation sites (tertiary alicyclic amines) is 2. The van der Waals surface area contributed by atoms with Gasteiger partial charge in [-0.05, 0) is 112 Å². The molecule has 0 unspecified atom stereocenters. The molecule has 0 saturated carbocycles. The summed E-state index contributed by atoms with van der Waals surface area (Å²) in [5.41, 5.74) is 5.63. The molecule has 16 heteroatoms. The number of piperidine rings is 2. The number of aryl methyl sites for hydroxylation is 2. The third kappa shape index (κ3) is 9.83. The Hall–Kier alpha value is -5.54. The van der Waals surface area contributed by atoms with Gasteiger partial charge in [-0.2, -0.15) is 0 Å². The number of rotatable bonds is 12. The molecule has 10 rings (SSSR count). The molecule has 0 radical (unpaired) electrons. The first-order chi connectivity index (χ1) is 31.9. The van der Waals surface area contributed by atoms with Crippen LogP contribution in [0.1, 0.15) is 71.6 Å². The monoisotopic (exact) mass is 974 g/mol. The van der Waals surface area contributed by atoms with Crippen LogP contribution in [-0.4, -0.2) is 97.5 Å². The van der Waals surface area contributed by atoms with E-state index in [2.05, 4.69) is 23.6 Å². The van der Waals surface area contributed by atoms with E-state index in [0.29, 0.717) is 71.3 Å². The number of anilines is 2. The van der Waals surface area contributed by atoms with Gasteiger partial charge in [0.25, 0.3) is 11.8 Å². The van der Waals surface area contributed by atoms with Crippen LogP contribution in [0, 0.1) is 23.5 Å². The van der Waals surface area contributed by atoms with Gasteiger partial charge in [0.2, 0.25) is 0 Å². The van der Waals surface area contributed by atoms with Gasteiger partial charge >= 0.3 is 0 Å². The van der Waals surface area contributed by atoms with E-state index >= 15 is 0 Å². The maximum Gasteiger partial charge on any atom is 0.261 e. The molecule has 2 amide bonds. The van der Waals surface area contributed by atoms with E-state index in [1.165, 1.54) is 43.9 Å². The van der Waals surface area contributed by atoms with Crippen LogP contribution in [-0.2, 0) is 27.2 Å². The van der Waals surface area contributed by atoms with E-state index in [9.17, 15) is 18.4 Å². The van der Waals surface area contributed by atoms with Crippen molar-refractivity contribution in [2.24, 2.45) is 25.9 Å². The Kier molecular flexibility index (Phi) is 15.8. The standard InChI is InChI=1S/2C26H30FN3O3.2ClH/c1-17-8-10-29(11-9-17)12-13-33-24-15-19(5-7-23(24)32-3)30-16-22-25(26(30)31)20-6-4-18(27)14-21(20)28(22)2;1-17-9-11-29(12-10-17)13-14-33-23-15-18(7-8-22(23)32-3)30-16-21-24(26(30)31)19-5-4-6-20(27)25(19)28(21)2;;/h4-7,14-15,17H,8-13,16H2,1-3H3;4-8,15,17H,9-14,16H2,1-3H3;2*1H. The summed E-state index contributed by atoms with van der Waals surface area (Å²) in [6.45, 7) is 12.7. The molecule has 4 aromatic carbocycles. The normalized spacial score (nSPS) is 16.6. The number of benzene rings is 4. The second-order valence-corrected chi connectivity index (χ2v) is 18.3. The van der Waals surface area contributed by atoms with Crippen LogP contribution >= 0.6 is 24.8 Å². The minimum Gasteiger partial charge on any atom is -0.493 e. The SMILES string of the molecule is COc1ccc(N2Cc3c(c4ccc(F)cc4n3C)C2=O)cc1OCCN1CCC(C)CC1.COc1ccc(N2Cc3c(c4cccc(F)c4n3C)C2=O)cc1OCCN1CCC(C)CC1.Cl.Cl. The van der Waals surface area contributed by atoms with Gasteiger partial charge < -0.3 is 37.9 Å². The second-order valence-electron chi connectivity index (χ2n) is 18.3. The van der Waals surface area contributed by atoms with Crippen molar-refractivity contribution in [3.8, 4) is 23.0 Å². The molecular formula is C52H62Cl2F2N6O6. The number of methoxy groups -OCH3 is 2. The minimum absolute atomic E-state index is 0. The topological polar surface area (TPSA) is 93.9 Å². The molecule has 6 aromatic rings. The first-order valence-corrected chi connectivity index (χ1v) is 23.2.